The first kappa shape index (κ1) is 13.0. The van der Waals surface area contributed by atoms with Crippen molar-refractivity contribution in [1.29, 1.82) is 0 Å². The molecule has 1 saturated carbocycles. The second-order valence-electron chi connectivity index (χ2n) is 4.57. The molecule has 2 atom stereocenters. The normalized spacial score (nSPS) is 28.7. The second-order valence-corrected chi connectivity index (χ2v) is 6.83. The van der Waals surface area contributed by atoms with E-state index in [1.807, 2.05) is 0 Å². The maximum absolute atomic E-state index is 11.7. The Hall–Kier alpha value is -0.0900. The summed E-state index contributed by atoms with van der Waals surface area (Å²) in [6.45, 7) is 3.04. The Morgan fingerprint density at radius 3 is 2.47 bits per heavy atom. The van der Waals surface area contributed by atoms with Crippen LogP contribution in [-0.4, -0.2) is 32.5 Å². The Kier molecular flexibility index (Phi) is 5.06. The van der Waals surface area contributed by atoms with Crippen molar-refractivity contribution in [3.05, 3.63) is 0 Å². The summed E-state index contributed by atoms with van der Waals surface area (Å²) in [4.78, 5) is 0. The molecule has 0 saturated heterocycles. The van der Waals surface area contributed by atoms with Gasteiger partial charge in [-0.05, 0) is 25.8 Å². The average molecular weight is 233 g/mol. The molecule has 15 heavy (non-hydrogen) atoms. The van der Waals surface area contributed by atoms with E-state index in [-0.39, 0.29) is 11.3 Å². The van der Waals surface area contributed by atoms with Crippen molar-refractivity contribution < 1.29 is 8.42 Å². The van der Waals surface area contributed by atoms with E-state index in [9.17, 15) is 8.42 Å². The average Bonchev–Trinajstić information content (AvgIpc) is 2.38. The van der Waals surface area contributed by atoms with Crippen LogP contribution in [0.25, 0.3) is 0 Å². The fourth-order valence-electron chi connectivity index (χ4n) is 2.35. The fraction of sp³-hybridized carbons (Fsp3) is 1.00. The van der Waals surface area contributed by atoms with Crippen LogP contribution in [-0.2, 0) is 9.84 Å². The predicted molar refractivity (Wildman–Crippen MR) is 63.8 cm³/mol. The Labute approximate surface area is 93.6 Å². The minimum Gasteiger partial charge on any atom is -0.313 e. The zero-order chi connectivity index (χ0) is 11.3. The van der Waals surface area contributed by atoms with Gasteiger partial charge in [0.1, 0.15) is 0 Å². The molecule has 1 aliphatic carbocycles. The predicted octanol–water partition coefficient (Wildman–Crippen LogP) is 1.73. The molecule has 2 unspecified atom stereocenters. The van der Waals surface area contributed by atoms with Crippen LogP contribution in [0.2, 0.25) is 0 Å². The third-order valence-electron chi connectivity index (χ3n) is 3.16. The molecule has 0 spiro atoms. The van der Waals surface area contributed by atoms with E-state index < -0.39 is 9.84 Å². The number of sulfone groups is 1. The lowest BCUT2D eigenvalue weighted by atomic mass is 10.1. The summed E-state index contributed by atoms with van der Waals surface area (Å²) in [5.41, 5.74) is 0. The van der Waals surface area contributed by atoms with E-state index in [4.69, 9.17) is 0 Å². The summed E-state index contributed by atoms with van der Waals surface area (Å²) < 4.78 is 23.3. The van der Waals surface area contributed by atoms with Gasteiger partial charge >= 0.3 is 0 Å². The first-order valence-electron chi connectivity index (χ1n) is 5.98. The molecular formula is C11H23NO2S. The Morgan fingerprint density at radius 1 is 1.20 bits per heavy atom. The lowest BCUT2D eigenvalue weighted by Gasteiger charge is -2.24. The monoisotopic (exact) mass is 233 g/mol. The molecule has 0 bridgehead atoms. The lowest BCUT2D eigenvalue weighted by Crippen LogP contribution is -2.43. The Bertz CT molecular complexity index is 274. The zero-order valence-electron chi connectivity index (χ0n) is 9.83. The van der Waals surface area contributed by atoms with E-state index in [2.05, 4.69) is 12.2 Å². The highest BCUT2D eigenvalue weighted by atomic mass is 32.2. The number of rotatable bonds is 4. The van der Waals surface area contributed by atoms with Crippen molar-refractivity contribution in [3.63, 3.8) is 0 Å². The number of nitrogens with one attached hydrogen (secondary N) is 1. The molecule has 1 aliphatic rings. The molecule has 0 heterocycles. The van der Waals surface area contributed by atoms with Crippen LogP contribution in [0.5, 0.6) is 0 Å². The van der Waals surface area contributed by atoms with Gasteiger partial charge in [0.25, 0.3) is 0 Å². The van der Waals surface area contributed by atoms with E-state index >= 15 is 0 Å². The van der Waals surface area contributed by atoms with Crippen LogP contribution < -0.4 is 5.32 Å². The Morgan fingerprint density at radius 2 is 1.87 bits per heavy atom. The van der Waals surface area contributed by atoms with Crippen LogP contribution in [0.3, 0.4) is 0 Å². The van der Waals surface area contributed by atoms with Crippen molar-refractivity contribution in [2.45, 2.75) is 56.7 Å². The molecule has 90 valence electrons. The number of hydrogen-bond donors (Lipinski definition) is 1. The summed E-state index contributed by atoms with van der Waals surface area (Å²) in [7, 11) is -2.89. The lowest BCUT2D eigenvalue weighted by molar-refractivity contribution is 0.452. The molecule has 1 fully saturated rings. The van der Waals surface area contributed by atoms with Crippen LogP contribution in [0.4, 0.5) is 0 Å². The first-order valence-corrected chi connectivity index (χ1v) is 7.93. The van der Waals surface area contributed by atoms with Gasteiger partial charge in [-0.15, -0.1) is 0 Å². The third kappa shape index (κ3) is 4.11. The molecule has 0 aromatic heterocycles. The third-order valence-corrected chi connectivity index (χ3v) is 4.82. The van der Waals surface area contributed by atoms with Gasteiger partial charge < -0.3 is 5.32 Å². The van der Waals surface area contributed by atoms with Crippen molar-refractivity contribution >= 4 is 9.84 Å². The highest BCUT2D eigenvalue weighted by molar-refractivity contribution is 7.91. The molecular weight excluding hydrogens is 210 g/mol. The van der Waals surface area contributed by atoms with Crippen LogP contribution >= 0.6 is 0 Å². The molecule has 1 rings (SSSR count). The van der Waals surface area contributed by atoms with Gasteiger partial charge in [0.15, 0.2) is 9.84 Å². The molecule has 0 radical (unpaired) electrons. The minimum atomic E-state index is -2.89. The summed E-state index contributed by atoms with van der Waals surface area (Å²) in [5.74, 6) is 0. The van der Waals surface area contributed by atoms with Crippen molar-refractivity contribution in [3.8, 4) is 0 Å². The van der Waals surface area contributed by atoms with Gasteiger partial charge in [-0.2, -0.15) is 0 Å². The molecule has 0 aromatic rings. The van der Waals surface area contributed by atoms with Crippen molar-refractivity contribution in [1.82, 2.24) is 5.32 Å². The van der Waals surface area contributed by atoms with Crippen LogP contribution in [0.15, 0.2) is 0 Å². The highest BCUT2D eigenvalue weighted by Crippen LogP contribution is 2.23. The quantitative estimate of drug-likeness (QED) is 0.752. The maximum atomic E-state index is 11.7. The van der Waals surface area contributed by atoms with E-state index in [1.54, 1.807) is 0 Å². The van der Waals surface area contributed by atoms with E-state index in [0.29, 0.717) is 0 Å². The molecule has 0 amide bonds. The largest absolute Gasteiger partial charge is 0.313 e. The molecule has 0 aromatic carbocycles. The minimum absolute atomic E-state index is 0.161. The Balaban J connectivity index is 2.67. The standard InChI is InChI=1S/C11H23NO2S/c1-3-9-12-10-7-5-4-6-8-11(10)15(2,13)14/h10-12H,3-9H2,1-2H3. The zero-order valence-corrected chi connectivity index (χ0v) is 10.6. The van der Waals surface area contributed by atoms with Gasteiger partial charge in [-0.3, -0.25) is 0 Å². The maximum Gasteiger partial charge on any atom is 0.151 e. The van der Waals surface area contributed by atoms with Crippen LogP contribution in [0.1, 0.15) is 45.4 Å². The van der Waals surface area contributed by atoms with Crippen LogP contribution in [0, 0.1) is 0 Å². The van der Waals surface area contributed by atoms with Gasteiger partial charge in [0.05, 0.1) is 5.25 Å². The van der Waals surface area contributed by atoms with Gasteiger partial charge in [0, 0.05) is 12.3 Å². The first-order chi connectivity index (χ1) is 7.05. The van der Waals surface area contributed by atoms with E-state index in [0.717, 1.165) is 38.6 Å². The number of hydrogen-bond acceptors (Lipinski definition) is 3. The molecule has 0 aliphatic heterocycles. The summed E-state index contributed by atoms with van der Waals surface area (Å²) in [6.07, 6.45) is 7.68. The van der Waals surface area contributed by atoms with Crippen molar-refractivity contribution in [2.75, 3.05) is 12.8 Å². The molecule has 3 nitrogen and oxygen atoms in total. The van der Waals surface area contributed by atoms with Gasteiger partial charge in [-0.25, -0.2) is 8.42 Å². The van der Waals surface area contributed by atoms with Gasteiger partial charge in [-0.1, -0.05) is 26.2 Å². The van der Waals surface area contributed by atoms with E-state index in [1.165, 1.54) is 12.7 Å². The summed E-state index contributed by atoms with van der Waals surface area (Å²) in [5, 5.41) is 3.23. The summed E-state index contributed by atoms with van der Waals surface area (Å²) >= 11 is 0. The SMILES string of the molecule is CCCNC1CCCCCC1S(C)(=O)=O. The topological polar surface area (TPSA) is 46.2 Å². The van der Waals surface area contributed by atoms with Crippen molar-refractivity contribution in [2.24, 2.45) is 0 Å². The molecule has 1 N–H and O–H groups in total. The molecule has 4 heteroatoms. The smallest absolute Gasteiger partial charge is 0.151 e. The van der Waals surface area contributed by atoms with Gasteiger partial charge in [0.2, 0.25) is 0 Å². The second kappa shape index (κ2) is 5.85. The fourth-order valence-corrected chi connectivity index (χ4v) is 3.77. The highest BCUT2D eigenvalue weighted by Gasteiger charge is 2.30. The summed E-state index contributed by atoms with van der Waals surface area (Å²) in [6, 6.07) is 0.183.